The molecular weight excluding hydrogens is 142 g/mol. The van der Waals surface area contributed by atoms with E-state index in [0.717, 1.165) is 19.8 Å². The molecule has 0 aromatic rings. The molecule has 0 radical (unpaired) electrons. The normalized spacial score (nSPS) is 11.5. The van der Waals surface area contributed by atoms with Crippen molar-refractivity contribution in [3.05, 3.63) is 0 Å². The van der Waals surface area contributed by atoms with Crippen LogP contribution in [0.25, 0.3) is 0 Å². The zero-order valence-electron chi connectivity index (χ0n) is 7.96. The standard InChI is InChI=1S/C8H19NO2/c1-9(2)5-8(6-10-3)7-11-4/h8H,5-7H2,1-4H3. The van der Waals surface area contributed by atoms with Crippen LogP contribution in [0.4, 0.5) is 0 Å². The Morgan fingerprint density at radius 1 is 1.09 bits per heavy atom. The van der Waals surface area contributed by atoms with Gasteiger partial charge in [0.05, 0.1) is 13.2 Å². The molecule has 0 heterocycles. The van der Waals surface area contributed by atoms with Gasteiger partial charge in [0, 0.05) is 26.7 Å². The van der Waals surface area contributed by atoms with E-state index in [1.165, 1.54) is 0 Å². The molecule has 11 heavy (non-hydrogen) atoms. The summed E-state index contributed by atoms with van der Waals surface area (Å²) in [5, 5.41) is 0. The Labute approximate surface area is 69.3 Å². The lowest BCUT2D eigenvalue weighted by Gasteiger charge is -2.19. The third kappa shape index (κ3) is 6.28. The van der Waals surface area contributed by atoms with Crippen LogP contribution in [-0.2, 0) is 9.47 Å². The molecule has 3 nitrogen and oxygen atoms in total. The van der Waals surface area contributed by atoms with E-state index in [-0.39, 0.29) is 0 Å². The Kier molecular flexibility index (Phi) is 6.51. The summed E-state index contributed by atoms with van der Waals surface area (Å²) in [6, 6.07) is 0. The van der Waals surface area contributed by atoms with Crippen molar-refractivity contribution in [2.75, 3.05) is 48.1 Å². The fraction of sp³-hybridized carbons (Fsp3) is 1.00. The number of hydrogen-bond donors (Lipinski definition) is 0. The highest BCUT2D eigenvalue weighted by Crippen LogP contribution is 1.98. The van der Waals surface area contributed by atoms with E-state index in [2.05, 4.69) is 19.0 Å². The number of rotatable bonds is 6. The monoisotopic (exact) mass is 161 g/mol. The van der Waals surface area contributed by atoms with Gasteiger partial charge in [0.25, 0.3) is 0 Å². The van der Waals surface area contributed by atoms with Gasteiger partial charge in [0.2, 0.25) is 0 Å². The van der Waals surface area contributed by atoms with Crippen molar-refractivity contribution in [1.29, 1.82) is 0 Å². The fourth-order valence-corrected chi connectivity index (χ4v) is 1.14. The van der Waals surface area contributed by atoms with E-state index in [4.69, 9.17) is 9.47 Å². The van der Waals surface area contributed by atoms with E-state index >= 15 is 0 Å². The molecule has 0 fully saturated rings. The van der Waals surface area contributed by atoms with Crippen LogP contribution in [0, 0.1) is 5.92 Å². The second kappa shape index (κ2) is 6.58. The molecule has 68 valence electrons. The molecule has 3 heteroatoms. The molecule has 0 atom stereocenters. The fourth-order valence-electron chi connectivity index (χ4n) is 1.14. The van der Waals surface area contributed by atoms with Gasteiger partial charge in [-0.15, -0.1) is 0 Å². The molecule has 0 aliphatic carbocycles. The van der Waals surface area contributed by atoms with Gasteiger partial charge < -0.3 is 14.4 Å². The van der Waals surface area contributed by atoms with Gasteiger partial charge in [0.15, 0.2) is 0 Å². The minimum Gasteiger partial charge on any atom is -0.384 e. The first-order valence-electron chi connectivity index (χ1n) is 3.83. The van der Waals surface area contributed by atoms with Gasteiger partial charge in [0.1, 0.15) is 0 Å². The first kappa shape index (κ1) is 10.9. The summed E-state index contributed by atoms with van der Waals surface area (Å²) in [6.07, 6.45) is 0. The lowest BCUT2D eigenvalue weighted by Crippen LogP contribution is -2.28. The first-order chi connectivity index (χ1) is 5.20. The molecule has 0 aromatic heterocycles. The van der Waals surface area contributed by atoms with Crippen LogP contribution >= 0.6 is 0 Å². The Hall–Kier alpha value is -0.120. The Morgan fingerprint density at radius 2 is 1.55 bits per heavy atom. The zero-order chi connectivity index (χ0) is 8.69. The van der Waals surface area contributed by atoms with Crippen molar-refractivity contribution < 1.29 is 9.47 Å². The van der Waals surface area contributed by atoms with Crippen molar-refractivity contribution in [2.24, 2.45) is 5.92 Å². The maximum atomic E-state index is 5.05. The summed E-state index contributed by atoms with van der Waals surface area (Å²) in [4.78, 5) is 2.14. The molecule has 0 spiro atoms. The molecule has 0 aromatic carbocycles. The number of hydrogen-bond acceptors (Lipinski definition) is 3. The summed E-state index contributed by atoms with van der Waals surface area (Å²) in [7, 11) is 7.55. The molecule has 0 aliphatic rings. The largest absolute Gasteiger partial charge is 0.384 e. The van der Waals surface area contributed by atoms with Crippen molar-refractivity contribution in [2.45, 2.75) is 0 Å². The maximum absolute atomic E-state index is 5.05. The molecule has 0 unspecified atom stereocenters. The van der Waals surface area contributed by atoms with Crippen molar-refractivity contribution in [1.82, 2.24) is 4.90 Å². The topological polar surface area (TPSA) is 21.7 Å². The highest BCUT2D eigenvalue weighted by atomic mass is 16.5. The van der Waals surface area contributed by atoms with Crippen LogP contribution in [0.5, 0.6) is 0 Å². The van der Waals surface area contributed by atoms with Crippen LogP contribution in [-0.4, -0.2) is 53.0 Å². The summed E-state index contributed by atoms with van der Waals surface area (Å²) >= 11 is 0. The first-order valence-corrected chi connectivity index (χ1v) is 3.83. The number of ether oxygens (including phenoxy) is 2. The molecule has 0 aliphatic heterocycles. The van der Waals surface area contributed by atoms with E-state index in [0.29, 0.717) is 5.92 Å². The van der Waals surface area contributed by atoms with Crippen LogP contribution in [0.3, 0.4) is 0 Å². The van der Waals surface area contributed by atoms with Gasteiger partial charge in [-0.25, -0.2) is 0 Å². The van der Waals surface area contributed by atoms with Crippen molar-refractivity contribution >= 4 is 0 Å². The summed E-state index contributed by atoms with van der Waals surface area (Å²) in [5.74, 6) is 0.486. The van der Waals surface area contributed by atoms with Crippen LogP contribution in [0.1, 0.15) is 0 Å². The predicted octanol–water partition coefficient (Wildman–Crippen LogP) is 0.457. The quantitative estimate of drug-likeness (QED) is 0.565. The third-order valence-electron chi connectivity index (χ3n) is 1.43. The highest BCUT2D eigenvalue weighted by Gasteiger charge is 2.08. The lowest BCUT2D eigenvalue weighted by molar-refractivity contribution is 0.0709. The van der Waals surface area contributed by atoms with Crippen LogP contribution in [0.15, 0.2) is 0 Å². The Balaban J connectivity index is 3.50. The Bertz CT molecular complexity index is 80.2. The SMILES string of the molecule is COCC(COC)CN(C)C. The van der Waals surface area contributed by atoms with Gasteiger partial charge in [-0.1, -0.05) is 0 Å². The average molecular weight is 161 g/mol. The van der Waals surface area contributed by atoms with Gasteiger partial charge in [-0.3, -0.25) is 0 Å². The van der Waals surface area contributed by atoms with Gasteiger partial charge in [-0.2, -0.15) is 0 Å². The van der Waals surface area contributed by atoms with E-state index in [9.17, 15) is 0 Å². The molecule has 0 amide bonds. The van der Waals surface area contributed by atoms with Crippen molar-refractivity contribution in [3.63, 3.8) is 0 Å². The zero-order valence-corrected chi connectivity index (χ0v) is 7.96. The third-order valence-corrected chi connectivity index (χ3v) is 1.43. The van der Waals surface area contributed by atoms with Crippen molar-refractivity contribution in [3.8, 4) is 0 Å². The van der Waals surface area contributed by atoms with E-state index < -0.39 is 0 Å². The molecule has 0 saturated heterocycles. The van der Waals surface area contributed by atoms with Crippen LogP contribution < -0.4 is 0 Å². The summed E-state index contributed by atoms with van der Waals surface area (Å²) in [6.45, 7) is 2.56. The minimum atomic E-state index is 0.486. The van der Waals surface area contributed by atoms with Crippen LogP contribution in [0.2, 0.25) is 0 Å². The highest BCUT2D eigenvalue weighted by molar-refractivity contribution is 4.59. The van der Waals surface area contributed by atoms with E-state index in [1.807, 2.05) is 0 Å². The smallest absolute Gasteiger partial charge is 0.0524 e. The summed E-state index contributed by atoms with van der Waals surface area (Å²) in [5.41, 5.74) is 0. The van der Waals surface area contributed by atoms with E-state index in [1.54, 1.807) is 14.2 Å². The molecular formula is C8H19NO2. The van der Waals surface area contributed by atoms with Gasteiger partial charge in [-0.05, 0) is 14.1 Å². The predicted molar refractivity (Wildman–Crippen MR) is 45.8 cm³/mol. The molecule has 0 rings (SSSR count). The maximum Gasteiger partial charge on any atom is 0.0524 e. The Morgan fingerprint density at radius 3 is 1.82 bits per heavy atom. The summed E-state index contributed by atoms with van der Waals surface area (Å²) < 4.78 is 10.1. The molecule has 0 saturated carbocycles. The molecule has 0 N–H and O–H groups in total. The van der Waals surface area contributed by atoms with Gasteiger partial charge >= 0.3 is 0 Å². The second-order valence-corrected chi connectivity index (χ2v) is 3.04. The second-order valence-electron chi connectivity index (χ2n) is 3.04. The minimum absolute atomic E-state index is 0.486. The molecule has 0 bridgehead atoms. The number of nitrogens with zero attached hydrogens (tertiary/aromatic N) is 1. The average Bonchev–Trinajstić information content (AvgIpc) is 1.87. The number of methoxy groups -OCH3 is 2. The lowest BCUT2D eigenvalue weighted by atomic mass is 10.2.